The van der Waals surface area contributed by atoms with Gasteiger partial charge >= 0.3 is 0 Å². The molecule has 10 aromatic rings. The molecule has 0 N–H and O–H groups in total. The Bertz CT molecular complexity index is 3290. The van der Waals surface area contributed by atoms with Crippen LogP contribution in [0.5, 0.6) is 0 Å². The molecule has 54 heavy (non-hydrogen) atoms. The van der Waals surface area contributed by atoms with E-state index in [0.717, 1.165) is 6.42 Å². The monoisotopic (exact) mass is 685 g/mol. The van der Waals surface area contributed by atoms with Crippen molar-refractivity contribution in [3.05, 3.63) is 199 Å². The number of rotatable bonds is 4. The van der Waals surface area contributed by atoms with Gasteiger partial charge in [-0.25, -0.2) is 0 Å². The van der Waals surface area contributed by atoms with Crippen molar-refractivity contribution in [1.29, 1.82) is 0 Å². The summed E-state index contributed by atoms with van der Waals surface area (Å²) >= 11 is 0. The van der Waals surface area contributed by atoms with Crippen LogP contribution in [0.25, 0.3) is 105 Å². The molecule has 0 bridgehead atoms. The van der Waals surface area contributed by atoms with E-state index in [9.17, 15) is 0 Å². The number of para-hydroxylation sites is 1. The average molecular weight is 686 g/mol. The first-order chi connectivity index (χ1) is 26.8. The van der Waals surface area contributed by atoms with Crippen molar-refractivity contribution in [1.82, 2.24) is 4.57 Å². The van der Waals surface area contributed by atoms with Gasteiger partial charge in [0.1, 0.15) is 0 Å². The Kier molecular flexibility index (Phi) is 7.00. The fourth-order valence-electron chi connectivity index (χ4n) is 8.99. The number of fused-ring (bicyclic) bond motifs is 7. The number of allylic oxidation sites excluding steroid dienone is 2. The largest absolute Gasteiger partial charge is 0.309 e. The van der Waals surface area contributed by atoms with E-state index in [1.807, 2.05) is 0 Å². The Balaban J connectivity index is 1.17. The molecule has 1 heterocycles. The molecular formula is C53H35N. The average Bonchev–Trinajstić information content (AvgIpc) is 3.36. The van der Waals surface area contributed by atoms with Crippen molar-refractivity contribution in [2.45, 2.75) is 6.42 Å². The van der Waals surface area contributed by atoms with E-state index in [0.29, 0.717) is 0 Å². The Morgan fingerprint density at radius 3 is 1.94 bits per heavy atom. The highest BCUT2D eigenvalue weighted by Crippen LogP contribution is 2.40. The number of benzene rings is 9. The normalized spacial score (nSPS) is 12.6. The summed E-state index contributed by atoms with van der Waals surface area (Å²) in [4.78, 5) is 0. The molecule has 9 aromatic carbocycles. The Morgan fingerprint density at radius 2 is 1.06 bits per heavy atom. The third kappa shape index (κ3) is 4.72. The van der Waals surface area contributed by atoms with Gasteiger partial charge in [0, 0.05) is 16.2 Å². The van der Waals surface area contributed by atoms with E-state index in [4.69, 9.17) is 0 Å². The summed E-state index contributed by atoms with van der Waals surface area (Å²) in [5, 5.41) is 12.6. The predicted octanol–water partition coefficient (Wildman–Crippen LogP) is 12.8. The minimum atomic E-state index is 0.891. The quantitative estimate of drug-likeness (QED) is 0.174. The lowest BCUT2D eigenvalue weighted by atomic mass is 9.86. The van der Waals surface area contributed by atoms with E-state index < -0.39 is 0 Å². The van der Waals surface area contributed by atoms with Crippen molar-refractivity contribution in [3.8, 4) is 39.1 Å². The first-order valence-corrected chi connectivity index (χ1v) is 18.8. The lowest BCUT2D eigenvalue weighted by molar-refractivity contribution is 1.20. The standard InChI is InChI=1S/C53H35N/c1-3-16-36(17-4-1)52-44-20-5-2-6-21-46(44)53(47-23-10-9-22-45(47)52)43-26-13-25-41-40(43)24-14-28-50(41)54-49-27-12-11-19-42(49)48-34-39(31-32-51(48)54)38-30-29-35-15-7-8-18-37(35)33-38/h1-5,7-34H,6H2. The second kappa shape index (κ2) is 12.3. The molecule has 0 spiro atoms. The molecule has 0 radical (unpaired) electrons. The molecule has 1 aliphatic rings. The summed E-state index contributed by atoms with van der Waals surface area (Å²) in [6.07, 6.45) is 10.1. The van der Waals surface area contributed by atoms with Crippen LogP contribution in [0, 0.1) is 0 Å². The van der Waals surface area contributed by atoms with E-state index in [1.54, 1.807) is 0 Å². The van der Waals surface area contributed by atoms with Crippen LogP contribution in [-0.2, 0) is 0 Å². The SMILES string of the molecule is C1=CCC=c2c(-c3cccc4c(-n5c6ccccc6c6cc(-c7ccc8ccccc8c7)ccc65)cccc34)c3ccccc3c(-c3ccccc3)c2=C1. The second-order valence-electron chi connectivity index (χ2n) is 14.3. The fourth-order valence-corrected chi connectivity index (χ4v) is 8.99. The topological polar surface area (TPSA) is 4.93 Å². The van der Waals surface area contributed by atoms with Crippen LogP contribution < -0.4 is 10.4 Å². The number of aromatic nitrogens is 1. The molecule has 1 heteroatoms. The van der Waals surface area contributed by atoms with E-state index in [-0.39, 0.29) is 0 Å². The third-order valence-electron chi connectivity index (χ3n) is 11.4. The minimum absolute atomic E-state index is 0.891. The Labute approximate surface area is 313 Å². The molecule has 0 amide bonds. The van der Waals surface area contributed by atoms with Gasteiger partial charge in [0.05, 0.1) is 16.7 Å². The smallest absolute Gasteiger partial charge is 0.0541 e. The van der Waals surface area contributed by atoms with Gasteiger partial charge in [-0.15, -0.1) is 0 Å². The second-order valence-corrected chi connectivity index (χ2v) is 14.3. The van der Waals surface area contributed by atoms with Gasteiger partial charge in [0.15, 0.2) is 0 Å². The van der Waals surface area contributed by atoms with E-state index >= 15 is 0 Å². The minimum Gasteiger partial charge on any atom is -0.309 e. The van der Waals surface area contributed by atoms with Gasteiger partial charge in [-0.2, -0.15) is 0 Å². The van der Waals surface area contributed by atoms with Crippen LogP contribution in [-0.4, -0.2) is 4.57 Å². The summed E-state index contributed by atoms with van der Waals surface area (Å²) in [7, 11) is 0. The Morgan fingerprint density at radius 1 is 0.389 bits per heavy atom. The summed E-state index contributed by atoms with van der Waals surface area (Å²) in [5.74, 6) is 0. The molecule has 0 saturated heterocycles. The lowest BCUT2D eigenvalue weighted by Crippen LogP contribution is -2.29. The van der Waals surface area contributed by atoms with Crippen molar-refractivity contribution in [2.24, 2.45) is 0 Å². The van der Waals surface area contributed by atoms with E-state index in [1.165, 1.54) is 104 Å². The molecular weight excluding hydrogens is 651 g/mol. The van der Waals surface area contributed by atoms with Crippen LogP contribution in [0.1, 0.15) is 6.42 Å². The van der Waals surface area contributed by atoms with Gasteiger partial charge < -0.3 is 4.57 Å². The molecule has 0 atom stereocenters. The highest BCUT2D eigenvalue weighted by atomic mass is 15.0. The first kappa shape index (κ1) is 30.6. The first-order valence-electron chi connectivity index (χ1n) is 18.8. The molecule has 1 aromatic heterocycles. The molecule has 0 saturated carbocycles. The van der Waals surface area contributed by atoms with Crippen molar-refractivity contribution >= 4 is 66.3 Å². The maximum Gasteiger partial charge on any atom is 0.0541 e. The molecule has 0 aliphatic heterocycles. The maximum absolute atomic E-state index is 2.47. The highest BCUT2D eigenvalue weighted by Gasteiger charge is 2.19. The van der Waals surface area contributed by atoms with Crippen molar-refractivity contribution in [2.75, 3.05) is 0 Å². The molecule has 1 aliphatic carbocycles. The summed E-state index contributed by atoms with van der Waals surface area (Å²) in [5.41, 5.74) is 11.2. The van der Waals surface area contributed by atoms with Crippen molar-refractivity contribution < 1.29 is 0 Å². The summed E-state index contributed by atoms with van der Waals surface area (Å²) in [6, 6.07) is 64.8. The zero-order valence-electron chi connectivity index (χ0n) is 29.7. The van der Waals surface area contributed by atoms with Gasteiger partial charge in [0.25, 0.3) is 0 Å². The Hall–Kier alpha value is -6.96. The molecule has 1 nitrogen and oxygen atoms in total. The number of hydrogen-bond acceptors (Lipinski definition) is 0. The molecule has 11 rings (SSSR count). The third-order valence-corrected chi connectivity index (χ3v) is 11.4. The van der Waals surface area contributed by atoms with Gasteiger partial charge in [-0.1, -0.05) is 170 Å². The van der Waals surface area contributed by atoms with Crippen LogP contribution in [0.15, 0.2) is 188 Å². The van der Waals surface area contributed by atoms with Gasteiger partial charge in [-0.3, -0.25) is 0 Å². The molecule has 0 fully saturated rings. The van der Waals surface area contributed by atoms with Crippen LogP contribution in [0.3, 0.4) is 0 Å². The summed E-state index contributed by atoms with van der Waals surface area (Å²) < 4.78 is 2.47. The maximum atomic E-state index is 2.47. The molecule has 0 unspecified atom stereocenters. The van der Waals surface area contributed by atoms with Crippen molar-refractivity contribution in [3.63, 3.8) is 0 Å². The number of nitrogens with zero attached hydrogens (tertiary/aromatic N) is 1. The highest BCUT2D eigenvalue weighted by molar-refractivity contribution is 6.14. The van der Waals surface area contributed by atoms with Gasteiger partial charge in [0.2, 0.25) is 0 Å². The molecule has 252 valence electrons. The number of hydrogen-bond donors (Lipinski definition) is 0. The van der Waals surface area contributed by atoms with E-state index in [2.05, 4.69) is 205 Å². The van der Waals surface area contributed by atoms with Gasteiger partial charge in [-0.05, 0) is 108 Å². The lowest BCUT2D eigenvalue weighted by Gasteiger charge is -2.18. The predicted molar refractivity (Wildman–Crippen MR) is 232 cm³/mol. The summed E-state index contributed by atoms with van der Waals surface area (Å²) in [6.45, 7) is 0. The van der Waals surface area contributed by atoms with Crippen LogP contribution >= 0.6 is 0 Å². The fraction of sp³-hybridized carbons (Fsp3) is 0.0189. The zero-order chi connectivity index (χ0) is 35.6. The zero-order valence-corrected chi connectivity index (χ0v) is 29.7. The van der Waals surface area contributed by atoms with Crippen LogP contribution in [0.4, 0.5) is 0 Å². The van der Waals surface area contributed by atoms with Crippen LogP contribution in [0.2, 0.25) is 0 Å².